The Bertz CT molecular complexity index is 1000. The van der Waals surface area contributed by atoms with Crippen LogP contribution in [0.15, 0.2) is 41.8 Å². The highest BCUT2D eigenvalue weighted by Crippen LogP contribution is 2.28. The van der Waals surface area contributed by atoms with Crippen molar-refractivity contribution in [2.75, 3.05) is 0 Å². The molecule has 27 heavy (non-hydrogen) atoms. The van der Waals surface area contributed by atoms with Gasteiger partial charge >= 0.3 is 0 Å². The maximum absolute atomic E-state index is 12.6. The van der Waals surface area contributed by atoms with Crippen LogP contribution in [0.25, 0.3) is 11.3 Å². The van der Waals surface area contributed by atoms with Crippen LogP contribution in [0, 0.1) is 20.8 Å². The smallest absolute Gasteiger partial charge is 0.169 e. The highest BCUT2D eigenvalue weighted by atomic mass is 32.1. The Kier molecular flexibility index (Phi) is 5.66. The molecular formula is C23H23NO2S. The van der Waals surface area contributed by atoms with Gasteiger partial charge in [-0.15, -0.1) is 11.3 Å². The molecule has 1 heterocycles. The van der Waals surface area contributed by atoms with Crippen molar-refractivity contribution in [3.05, 3.63) is 74.6 Å². The molecule has 0 bridgehead atoms. The number of aromatic nitrogens is 1. The molecule has 0 amide bonds. The van der Waals surface area contributed by atoms with Crippen molar-refractivity contribution in [1.29, 1.82) is 0 Å². The normalized spacial score (nSPS) is 10.8. The fourth-order valence-electron chi connectivity index (χ4n) is 3.09. The Morgan fingerprint density at radius 3 is 2.26 bits per heavy atom. The molecule has 1 aromatic heterocycles. The van der Waals surface area contributed by atoms with E-state index in [4.69, 9.17) is 0 Å². The largest absolute Gasteiger partial charge is 0.300 e. The van der Waals surface area contributed by atoms with E-state index < -0.39 is 0 Å². The maximum atomic E-state index is 12.6. The van der Waals surface area contributed by atoms with E-state index in [1.807, 2.05) is 17.5 Å². The zero-order chi connectivity index (χ0) is 19.6. The number of rotatable bonds is 6. The molecule has 0 fully saturated rings. The minimum absolute atomic E-state index is 0.0436. The fraction of sp³-hybridized carbons (Fsp3) is 0.261. The quantitative estimate of drug-likeness (QED) is 0.548. The van der Waals surface area contributed by atoms with Crippen molar-refractivity contribution < 1.29 is 9.59 Å². The average molecular weight is 378 g/mol. The predicted octanol–water partition coefficient (Wildman–Crippen LogP) is 5.29. The molecule has 2 aromatic carbocycles. The van der Waals surface area contributed by atoms with Gasteiger partial charge in [-0.3, -0.25) is 9.59 Å². The molecule has 0 radical (unpaired) electrons. The second-order valence-electron chi connectivity index (χ2n) is 7.05. The second kappa shape index (κ2) is 7.97. The fourth-order valence-corrected chi connectivity index (χ4v) is 3.88. The Morgan fingerprint density at radius 2 is 1.59 bits per heavy atom. The first-order valence-electron chi connectivity index (χ1n) is 8.97. The van der Waals surface area contributed by atoms with E-state index in [1.54, 1.807) is 19.1 Å². The number of Topliss-reactive ketones (excluding diaryl/α,β-unsaturated/α-hetero) is 2. The third-order valence-corrected chi connectivity index (χ3v) is 5.56. The Hall–Kier alpha value is -2.59. The number of benzene rings is 2. The number of carbonyl (C=O) groups excluding carboxylic acids is 2. The third kappa shape index (κ3) is 4.58. The third-order valence-electron chi connectivity index (χ3n) is 4.71. The molecule has 4 heteroatoms. The number of hydrogen-bond donors (Lipinski definition) is 0. The van der Waals surface area contributed by atoms with Gasteiger partial charge in [-0.05, 0) is 56.0 Å². The first-order chi connectivity index (χ1) is 12.8. The van der Waals surface area contributed by atoms with Crippen molar-refractivity contribution in [2.24, 2.45) is 0 Å². The Morgan fingerprint density at radius 1 is 0.926 bits per heavy atom. The molecule has 0 unspecified atom stereocenters. The zero-order valence-corrected chi connectivity index (χ0v) is 16.9. The molecule has 0 N–H and O–H groups in total. The summed E-state index contributed by atoms with van der Waals surface area (Å²) in [7, 11) is 0. The molecule has 3 nitrogen and oxygen atoms in total. The highest BCUT2D eigenvalue weighted by molar-refractivity contribution is 7.10. The summed E-state index contributed by atoms with van der Waals surface area (Å²) in [5.41, 5.74) is 7.35. The Labute approximate surface area is 164 Å². The SMILES string of the molecule is CC(=O)Cc1ccc(C(=O)Cc2nc(-c3cc(C)c(C)cc3C)cs2)cc1. The summed E-state index contributed by atoms with van der Waals surface area (Å²) in [6.07, 6.45) is 0.695. The van der Waals surface area contributed by atoms with E-state index in [-0.39, 0.29) is 11.6 Å². The molecule has 3 rings (SSSR count). The lowest BCUT2D eigenvalue weighted by Crippen LogP contribution is -2.04. The van der Waals surface area contributed by atoms with Gasteiger partial charge in [0, 0.05) is 22.9 Å². The van der Waals surface area contributed by atoms with Crippen LogP contribution in [0.5, 0.6) is 0 Å². The number of aryl methyl sites for hydroxylation is 3. The summed E-state index contributed by atoms with van der Waals surface area (Å²) in [5.74, 6) is 0.160. The topological polar surface area (TPSA) is 47.0 Å². The minimum atomic E-state index is 0.0436. The molecule has 0 atom stereocenters. The van der Waals surface area contributed by atoms with Crippen molar-refractivity contribution in [2.45, 2.75) is 40.5 Å². The standard InChI is InChI=1S/C23H23NO2S/c1-14-9-16(3)20(10-15(14)2)21-13-27-23(24-21)12-22(26)19-7-5-18(6-8-19)11-17(4)25/h5-10,13H,11-12H2,1-4H3. The van der Waals surface area contributed by atoms with Gasteiger partial charge in [-0.1, -0.05) is 30.3 Å². The van der Waals surface area contributed by atoms with E-state index in [1.165, 1.54) is 28.0 Å². The van der Waals surface area contributed by atoms with Gasteiger partial charge in [0.1, 0.15) is 10.8 Å². The van der Waals surface area contributed by atoms with Crippen LogP contribution in [0.1, 0.15) is 44.5 Å². The van der Waals surface area contributed by atoms with Gasteiger partial charge in [0.05, 0.1) is 12.1 Å². The van der Waals surface area contributed by atoms with E-state index >= 15 is 0 Å². The van der Waals surface area contributed by atoms with Gasteiger partial charge in [0.15, 0.2) is 5.78 Å². The van der Waals surface area contributed by atoms with Crippen LogP contribution in [-0.4, -0.2) is 16.6 Å². The molecule has 0 saturated carbocycles. The molecular weight excluding hydrogens is 354 g/mol. The van der Waals surface area contributed by atoms with Gasteiger partial charge in [-0.25, -0.2) is 4.98 Å². The lowest BCUT2D eigenvalue weighted by atomic mass is 9.99. The van der Waals surface area contributed by atoms with Crippen molar-refractivity contribution >= 4 is 22.9 Å². The number of nitrogens with zero attached hydrogens (tertiary/aromatic N) is 1. The molecule has 0 aliphatic rings. The summed E-state index contributed by atoms with van der Waals surface area (Å²) in [4.78, 5) is 28.4. The monoisotopic (exact) mass is 377 g/mol. The van der Waals surface area contributed by atoms with E-state index in [9.17, 15) is 9.59 Å². The number of ketones is 2. The van der Waals surface area contributed by atoms with Crippen LogP contribution in [0.3, 0.4) is 0 Å². The summed E-state index contributed by atoms with van der Waals surface area (Å²) >= 11 is 1.52. The number of carbonyl (C=O) groups is 2. The summed E-state index contributed by atoms with van der Waals surface area (Å²) in [5, 5.41) is 2.84. The van der Waals surface area contributed by atoms with Crippen LogP contribution in [0.2, 0.25) is 0 Å². The molecule has 138 valence electrons. The minimum Gasteiger partial charge on any atom is -0.300 e. The maximum Gasteiger partial charge on any atom is 0.169 e. The summed E-state index contributed by atoms with van der Waals surface area (Å²) in [6, 6.07) is 11.6. The molecule has 0 aliphatic heterocycles. The molecule has 0 saturated heterocycles. The lowest BCUT2D eigenvalue weighted by molar-refractivity contribution is -0.116. The van der Waals surface area contributed by atoms with Gasteiger partial charge < -0.3 is 0 Å². The second-order valence-corrected chi connectivity index (χ2v) is 8.00. The summed E-state index contributed by atoms with van der Waals surface area (Å²) < 4.78 is 0. The first-order valence-corrected chi connectivity index (χ1v) is 9.85. The van der Waals surface area contributed by atoms with Crippen molar-refractivity contribution in [1.82, 2.24) is 4.98 Å². The lowest BCUT2D eigenvalue weighted by Gasteiger charge is -2.07. The van der Waals surface area contributed by atoms with Crippen molar-refractivity contribution in [3.8, 4) is 11.3 Å². The van der Waals surface area contributed by atoms with Gasteiger partial charge in [-0.2, -0.15) is 0 Å². The van der Waals surface area contributed by atoms with Crippen molar-refractivity contribution in [3.63, 3.8) is 0 Å². The van der Waals surface area contributed by atoms with E-state index in [0.29, 0.717) is 18.4 Å². The van der Waals surface area contributed by atoms with Crippen LogP contribution < -0.4 is 0 Å². The number of hydrogen-bond acceptors (Lipinski definition) is 4. The summed E-state index contributed by atoms with van der Waals surface area (Å²) in [6.45, 7) is 7.87. The number of thiazole rings is 1. The molecule has 0 spiro atoms. The first kappa shape index (κ1) is 19.2. The highest BCUT2D eigenvalue weighted by Gasteiger charge is 2.13. The van der Waals surface area contributed by atoms with Gasteiger partial charge in [0.25, 0.3) is 0 Å². The Balaban J connectivity index is 1.75. The molecule has 3 aromatic rings. The zero-order valence-electron chi connectivity index (χ0n) is 16.1. The van der Waals surface area contributed by atoms with Crippen LogP contribution in [-0.2, 0) is 17.6 Å². The van der Waals surface area contributed by atoms with Crippen LogP contribution in [0.4, 0.5) is 0 Å². The molecule has 0 aliphatic carbocycles. The van der Waals surface area contributed by atoms with E-state index in [0.717, 1.165) is 21.8 Å². The predicted molar refractivity (Wildman–Crippen MR) is 111 cm³/mol. The van der Waals surface area contributed by atoms with Crippen LogP contribution >= 0.6 is 11.3 Å². The van der Waals surface area contributed by atoms with Gasteiger partial charge in [0.2, 0.25) is 0 Å². The van der Waals surface area contributed by atoms with E-state index in [2.05, 4.69) is 37.9 Å². The average Bonchev–Trinajstić information content (AvgIpc) is 3.06.